The minimum absolute atomic E-state index is 0.329. The molecule has 0 spiro atoms. The SMILES string of the molecule is CCN(C1=C(c2ccc(OC)c(OC)c2)C(=O)N(c2ccccc2C)C1=O)c1ccccc1. The first-order chi connectivity index (χ1) is 16.0. The van der Waals surface area contributed by atoms with Crippen LogP contribution in [0.2, 0.25) is 0 Å². The lowest BCUT2D eigenvalue weighted by atomic mass is 10.0. The standard InChI is InChI=1S/C27H26N2O4/c1-5-28(20-12-7-6-8-13-20)25-24(19-15-16-22(32-3)23(17-19)33-4)26(30)29(27(25)31)21-14-10-9-11-18(21)2/h6-17H,5H2,1-4H3. The van der Waals surface area contributed by atoms with E-state index in [2.05, 4.69) is 0 Å². The monoisotopic (exact) mass is 442 g/mol. The fraction of sp³-hybridized carbons (Fsp3) is 0.185. The molecule has 0 radical (unpaired) electrons. The number of para-hydroxylation sites is 2. The Morgan fingerprint density at radius 3 is 2.12 bits per heavy atom. The van der Waals surface area contributed by atoms with Crippen molar-refractivity contribution in [2.75, 3.05) is 30.6 Å². The third kappa shape index (κ3) is 3.84. The Hall–Kier alpha value is -4.06. The summed E-state index contributed by atoms with van der Waals surface area (Å²) in [5.41, 5.74) is 3.51. The number of carbonyl (C=O) groups is 2. The maximum atomic E-state index is 13.9. The number of methoxy groups -OCH3 is 2. The minimum Gasteiger partial charge on any atom is -0.493 e. The van der Waals surface area contributed by atoms with E-state index >= 15 is 0 Å². The highest BCUT2D eigenvalue weighted by Gasteiger charge is 2.43. The van der Waals surface area contributed by atoms with E-state index in [0.717, 1.165) is 11.3 Å². The summed E-state index contributed by atoms with van der Waals surface area (Å²) < 4.78 is 10.8. The van der Waals surface area contributed by atoms with Crippen LogP contribution in [0.4, 0.5) is 11.4 Å². The molecule has 1 heterocycles. The van der Waals surface area contributed by atoms with E-state index in [1.165, 1.54) is 4.90 Å². The van der Waals surface area contributed by atoms with Gasteiger partial charge in [-0.3, -0.25) is 9.59 Å². The summed E-state index contributed by atoms with van der Waals surface area (Å²) in [7, 11) is 3.10. The minimum atomic E-state index is -0.370. The predicted molar refractivity (Wildman–Crippen MR) is 130 cm³/mol. The maximum absolute atomic E-state index is 13.9. The number of nitrogens with zero attached hydrogens (tertiary/aromatic N) is 2. The lowest BCUT2D eigenvalue weighted by molar-refractivity contribution is -0.120. The number of carbonyl (C=O) groups excluding carboxylic acids is 2. The second kappa shape index (κ2) is 9.20. The topological polar surface area (TPSA) is 59.1 Å². The fourth-order valence-corrected chi connectivity index (χ4v) is 4.13. The third-order valence-electron chi connectivity index (χ3n) is 5.74. The molecular formula is C27H26N2O4. The van der Waals surface area contributed by atoms with Gasteiger partial charge in [0.05, 0.1) is 25.5 Å². The van der Waals surface area contributed by atoms with Crippen molar-refractivity contribution in [3.8, 4) is 11.5 Å². The zero-order valence-corrected chi connectivity index (χ0v) is 19.2. The van der Waals surface area contributed by atoms with Crippen LogP contribution in [-0.4, -0.2) is 32.6 Å². The summed E-state index contributed by atoms with van der Waals surface area (Å²) in [5.74, 6) is 0.307. The number of amides is 2. The molecule has 2 amide bonds. The van der Waals surface area contributed by atoms with E-state index in [9.17, 15) is 9.59 Å². The lowest BCUT2D eigenvalue weighted by Gasteiger charge is -2.25. The number of aryl methyl sites for hydroxylation is 1. The van der Waals surface area contributed by atoms with Gasteiger partial charge in [0, 0.05) is 12.2 Å². The van der Waals surface area contributed by atoms with Gasteiger partial charge in [0.2, 0.25) is 0 Å². The molecule has 1 aliphatic rings. The van der Waals surface area contributed by atoms with E-state index in [-0.39, 0.29) is 11.8 Å². The highest BCUT2D eigenvalue weighted by molar-refractivity contribution is 6.46. The molecular weight excluding hydrogens is 416 g/mol. The average Bonchev–Trinajstić information content (AvgIpc) is 3.10. The molecule has 33 heavy (non-hydrogen) atoms. The Bertz CT molecular complexity index is 1230. The van der Waals surface area contributed by atoms with Gasteiger partial charge in [-0.05, 0) is 55.3 Å². The number of hydrogen-bond acceptors (Lipinski definition) is 5. The molecule has 0 bridgehead atoms. The van der Waals surface area contributed by atoms with Gasteiger partial charge in [0.25, 0.3) is 11.8 Å². The number of anilines is 2. The van der Waals surface area contributed by atoms with Gasteiger partial charge in [0.15, 0.2) is 11.5 Å². The molecule has 0 aliphatic carbocycles. The lowest BCUT2D eigenvalue weighted by Crippen LogP contribution is -2.35. The van der Waals surface area contributed by atoms with E-state index in [1.54, 1.807) is 38.5 Å². The largest absolute Gasteiger partial charge is 0.493 e. The van der Waals surface area contributed by atoms with Crippen molar-refractivity contribution >= 4 is 28.8 Å². The van der Waals surface area contributed by atoms with Crippen LogP contribution in [0, 0.1) is 6.92 Å². The van der Waals surface area contributed by atoms with Crippen molar-refractivity contribution < 1.29 is 19.1 Å². The number of imide groups is 1. The van der Waals surface area contributed by atoms with Gasteiger partial charge < -0.3 is 14.4 Å². The molecule has 4 rings (SSSR count). The number of ether oxygens (including phenoxy) is 2. The Kier molecular flexibility index (Phi) is 6.18. The van der Waals surface area contributed by atoms with Gasteiger partial charge in [-0.1, -0.05) is 42.5 Å². The van der Waals surface area contributed by atoms with Crippen LogP contribution < -0.4 is 19.3 Å². The van der Waals surface area contributed by atoms with Crippen LogP contribution in [0.15, 0.2) is 78.5 Å². The number of benzene rings is 3. The van der Waals surface area contributed by atoms with Gasteiger partial charge in [-0.2, -0.15) is 0 Å². The third-order valence-corrected chi connectivity index (χ3v) is 5.74. The second-order valence-electron chi connectivity index (χ2n) is 7.61. The number of rotatable bonds is 7. The fourth-order valence-electron chi connectivity index (χ4n) is 4.13. The van der Waals surface area contributed by atoms with Gasteiger partial charge in [0.1, 0.15) is 5.70 Å². The van der Waals surface area contributed by atoms with Gasteiger partial charge in [-0.15, -0.1) is 0 Å². The van der Waals surface area contributed by atoms with Crippen molar-refractivity contribution in [2.45, 2.75) is 13.8 Å². The molecule has 0 saturated heterocycles. The Labute approximate surface area is 193 Å². The Balaban J connectivity index is 1.95. The Morgan fingerprint density at radius 1 is 0.818 bits per heavy atom. The van der Waals surface area contributed by atoms with Crippen molar-refractivity contribution in [3.63, 3.8) is 0 Å². The van der Waals surface area contributed by atoms with Crippen molar-refractivity contribution in [3.05, 3.63) is 89.6 Å². The molecule has 3 aromatic rings. The second-order valence-corrected chi connectivity index (χ2v) is 7.61. The molecule has 0 aromatic heterocycles. The zero-order chi connectivity index (χ0) is 23.5. The molecule has 0 fully saturated rings. The average molecular weight is 443 g/mol. The molecule has 3 aromatic carbocycles. The first-order valence-electron chi connectivity index (χ1n) is 10.8. The first-order valence-corrected chi connectivity index (χ1v) is 10.8. The van der Waals surface area contributed by atoms with Crippen LogP contribution in [0.5, 0.6) is 11.5 Å². The summed E-state index contributed by atoms with van der Waals surface area (Å²) in [6, 6.07) is 22.2. The molecule has 0 atom stereocenters. The quantitative estimate of drug-likeness (QED) is 0.491. The molecule has 0 saturated carbocycles. The van der Waals surface area contributed by atoms with Crippen LogP contribution >= 0.6 is 0 Å². The van der Waals surface area contributed by atoms with Crippen molar-refractivity contribution in [1.82, 2.24) is 0 Å². The molecule has 0 N–H and O–H groups in total. The van der Waals surface area contributed by atoms with E-state index < -0.39 is 0 Å². The van der Waals surface area contributed by atoms with Crippen LogP contribution in [0.1, 0.15) is 18.1 Å². The van der Waals surface area contributed by atoms with Gasteiger partial charge >= 0.3 is 0 Å². The van der Waals surface area contributed by atoms with Crippen molar-refractivity contribution in [2.24, 2.45) is 0 Å². The van der Waals surface area contributed by atoms with Gasteiger partial charge in [-0.25, -0.2) is 4.90 Å². The summed E-state index contributed by atoms with van der Waals surface area (Å²) in [6.45, 7) is 4.36. The van der Waals surface area contributed by atoms with Crippen LogP contribution in [0.3, 0.4) is 0 Å². The summed E-state index contributed by atoms with van der Waals surface area (Å²) >= 11 is 0. The van der Waals surface area contributed by atoms with E-state index in [4.69, 9.17) is 9.47 Å². The van der Waals surface area contributed by atoms with E-state index in [1.807, 2.05) is 67.3 Å². The molecule has 168 valence electrons. The van der Waals surface area contributed by atoms with Crippen molar-refractivity contribution in [1.29, 1.82) is 0 Å². The molecule has 6 nitrogen and oxygen atoms in total. The predicted octanol–water partition coefficient (Wildman–Crippen LogP) is 4.82. The maximum Gasteiger partial charge on any atom is 0.282 e. The summed E-state index contributed by atoms with van der Waals surface area (Å²) in [4.78, 5) is 30.8. The summed E-state index contributed by atoms with van der Waals surface area (Å²) in [5, 5.41) is 0. The van der Waals surface area contributed by atoms with Crippen LogP contribution in [-0.2, 0) is 9.59 Å². The zero-order valence-electron chi connectivity index (χ0n) is 19.2. The molecule has 6 heteroatoms. The molecule has 1 aliphatic heterocycles. The number of likely N-dealkylation sites (N-methyl/N-ethyl adjacent to an activating group) is 1. The highest BCUT2D eigenvalue weighted by Crippen LogP contribution is 2.39. The normalized spacial score (nSPS) is 13.5. The van der Waals surface area contributed by atoms with E-state index in [0.29, 0.717) is 40.6 Å². The van der Waals surface area contributed by atoms with Crippen LogP contribution in [0.25, 0.3) is 5.57 Å². The smallest absolute Gasteiger partial charge is 0.282 e. The highest BCUT2D eigenvalue weighted by atomic mass is 16.5. The molecule has 0 unspecified atom stereocenters. The summed E-state index contributed by atoms with van der Waals surface area (Å²) in [6.07, 6.45) is 0. The Morgan fingerprint density at radius 2 is 1.48 bits per heavy atom. The number of hydrogen-bond donors (Lipinski definition) is 0. The first kappa shape index (κ1) is 22.1.